The number of sulfonamides is 1. The molecule has 0 fully saturated rings. The van der Waals surface area contributed by atoms with Crippen LogP contribution in [0.2, 0.25) is 5.02 Å². The Kier molecular flexibility index (Phi) is 11.4. The number of amides is 2. The Balaban J connectivity index is 2.05. The van der Waals surface area contributed by atoms with E-state index in [2.05, 4.69) is 19.2 Å². The van der Waals surface area contributed by atoms with Gasteiger partial charge in [-0.1, -0.05) is 87.0 Å². The first-order valence-corrected chi connectivity index (χ1v) is 16.1. The van der Waals surface area contributed by atoms with Gasteiger partial charge in [-0.25, -0.2) is 8.42 Å². The Morgan fingerprint density at radius 3 is 2.10 bits per heavy atom. The van der Waals surface area contributed by atoms with Crippen LogP contribution in [-0.4, -0.2) is 50.0 Å². The van der Waals surface area contributed by atoms with Crippen LogP contribution < -0.4 is 9.62 Å². The molecule has 0 spiro atoms. The second-order valence-electron chi connectivity index (χ2n) is 10.7. The SMILES string of the molecule is CC[C@@H](C)NC(=O)[C@H](Cc1ccccc1)N(Cc1cccc(Cl)c1)C(=O)CN(c1ccc(C(C)C)cc1)S(C)(=O)=O. The van der Waals surface area contributed by atoms with E-state index < -0.39 is 28.5 Å². The molecule has 7 nitrogen and oxygen atoms in total. The molecule has 3 aromatic carbocycles. The summed E-state index contributed by atoms with van der Waals surface area (Å²) in [6, 6.07) is 22.7. The van der Waals surface area contributed by atoms with Crippen LogP contribution in [0.1, 0.15) is 56.7 Å². The van der Waals surface area contributed by atoms with Gasteiger partial charge in [0.25, 0.3) is 0 Å². The second-order valence-corrected chi connectivity index (χ2v) is 13.0. The highest BCUT2D eigenvalue weighted by molar-refractivity contribution is 7.92. The van der Waals surface area contributed by atoms with E-state index in [4.69, 9.17) is 11.6 Å². The van der Waals surface area contributed by atoms with Crippen molar-refractivity contribution in [1.29, 1.82) is 0 Å². The number of carbonyl (C=O) groups excluding carboxylic acids is 2. The molecule has 2 atom stereocenters. The number of halogens is 1. The average molecular weight is 598 g/mol. The molecule has 41 heavy (non-hydrogen) atoms. The van der Waals surface area contributed by atoms with Crippen LogP contribution in [0.25, 0.3) is 0 Å². The lowest BCUT2D eigenvalue weighted by Gasteiger charge is -2.34. The van der Waals surface area contributed by atoms with E-state index in [9.17, 15) is 18.0 Å². The lowest BCUT2D eigenvalue weighted by Crippen LogP contribution is -2.54. The zero-order chi connectivity index (χ0) is 30.2. The zero-order valence-corrected chi connectivity index (χ0v) is 26.0. The number of rotatable bonds is 13. The fourth-order valence-electron chi connectivity index (χ4n) is 4.47. The van der Waals surface area contributed by atoms with E-state index in [1.165, 1.54) is 4.90 Å². The Morgan fingerprint density at radius 1 is 0.902 bits per heavy atom. The number of hydrogen-bond acceptors (Lipinski definition) is 4. The van der Waals surface area contributed by atoms with E-state index >= 15 is 0 Å². The van der Waals surface area contributed by atoms with Crippen LogP contribution in [0.3, 0.4) is 0 Å². The van der Waals surface area contributed by atoms with Crippen molar-refractivity contribution in [3.8, 4) is 0 Å². The van der Waals surface area contributed by atoms with Gasteiger partial charge in [-0.3, -0.25) is 13.9 Å². The van der Waals surface area contributed by atoms with Crippen molar-refractivity contribution in [2.45, 2.75) is 65.1 Å². The van der Waals surface area contributed by atoms with Gasteiger partial charge in [0.2, 0.25) is 21.8 Å². The van der Waals surface area contributed by atoms with Crippen molar-refractivity contribution in [3.05, 3.63) is 101 Å². The number of anilines is 1. The molecule has 0 bridgehead atoms. The van der Waals surface area contributed by atoms with Gasteiger partial charge < -0.3 is 10.2 Å². The summed E-state index contributed by atoms with van der Waals surface area (Å²) in [7, 11) is -3.82. The molecule has 0 radical (unpaired) electrons. The minimum Gasteiger partial charge on any atom is -0.352 e. The van der Waals surface area contributed by atoms with Crippen molar-refractivity contribution >= 4 is 39.1 Å². The summed E-state index contributed by atoms with van der Waals surface area (Å²) in [6.45, 7) is 7.61. The molecule has 0 aliphatic carbocycles. The fraction of sp³-hybridized carbons (Fsp3) is 0.375. The lowest BCUT2D eigenvalue weighted by atomic mass is 10.0. The van der Waals surface area contributed by atoms with Crippen molar-refractivity contribution in [2.24, 2.45) is 0 Å². The molecule has 0 unspecified atom stereocenters. The molecule has 0 saturated carbocycles. The molecule has 2 amide bonds. The summed E-state index contributed by atoms with van der Waals surface area (Å²) in [6.07, 6.45) is 2.06. The molecule has 0 aliphatic rings. The molecule has 0 saturated heterocycles. The van der Waals surface area contributed by atoms with Crippen molar-refractivity contribution in [2.75, 3.05) is 17.1 Å². The van der Waals surface area contributed by atoms with Crippen molar-refractivity contribution < 1.29 is 18.0 Å². The minimum absolute atomic E-state index is 0.0781. The van der Waals surface area contributed by atoms with Crippen LogP contribution in [0.15, 0.2) is 78.9 Å². The van der Waals surface area contributed by atoms with Gasteiger partial charge in [-0.05, 0) is 60.2 Å². The first-order chi connectivity index (χ1) is 19.4. The fourth-order valence-corrected chi connectivity index (χ4v) is 5.53. The summed E-state index contributed by atoms with van der Waals surface area (Å²) in [5.41, 5.74) is 3.05. The molecule has 0 heterocycles. The molecular weight excluding hydrogens is 558 g/mol. The highest BCUT2D eigenvalue weighted by Gasteiger charge is 2.33. The number of benzene rings is 3. The average Bonchev–Trinajstić information content (AvgIpc) is 2.93. The number of nitrogens with zero attached hydrogens (tertiary/aromatic N) is 2. The predicted molar refractivity (Wildman–Crippen MR) is 167 cm³/mol. The first-order valence-electron chi connectivity index (χ1n) is 13.8. The molecule has 0 aromatic heterocycles. The largest absolute Gasteiger partial charge is 0.352 e. The molecule has 1 N–H and O–H groups in total. The molecule has 0 aliphatic heterocycles. The third kappa shape index (κ3) is 9.33. The lowest BCUT2D eigenvalue weighted by molar-refractivity contribution is -0.140. The molecule has 9 heteroatoms. The van der Waals surface area contributed by atoms with Crippen LogP contribution in [0.4, 0.5) is 5.69 Å². The Morgan fingerprint density at radius 2 is 1.54 bits per heavy atom. The molecule has 220 valence electrons. The monoisotopic (exact) mass is 597 g/mol. The summed E-state index contributed by atoms with van der Waals surface area (Å²) in [5.74, 6) is -0.525. The van der Waals surface area contributed by atoms with Crippen molar-refractivity contribution in [1.82, 2.24) is 10.2 Å². The molecular formula is C32H40ClN3O4S. The second kappa shape index (κ2) is 14.5. The van der Waals surface area contributed by atoms with E-state index in [0.29, 0.717) is 10.7 Å². The Labute approximate surface area is 249 Å². The van der Waals surface area contributed by atoms with Gasteiger partial charge in [-0.2, -0.15) is 0 Å². The first kappa shape index (κ1) is 32.2. The Bertz CT molecular complexity index is 1410. The van der Waals surface area contributed by atoms with Crippen molar-refractivity contribution in [3.63, 3.8) is 0 Å². The van der Waals surface area contributed by atoms with Gasteiger partial charge >= 0.3 is 0 Å². The number of carbonyl (C=O) groups is 2. The van der Waals surface area contributed by atoms with Crippen LogP contribution in [0.5, 0.6) is 0 Å². The van der Waals surface area contributed by atoms with Gasteiger partial charge in [0.05, 0.1) is 11.9 Å². The van der Waals surface area contributed by atoms with Crippen LogP contribution >= 0.6 is 11.6 Å². The quantitative estimate of drug-likeness (QED) is 0.270. The topological polar surface area (TPSA) is 86.8 Å². The maximum atomic E-state index is 14.1. The summed E-state index contributed by atoms with van der Waals surface area (Å²) in [4.78, 5) is 29.3. The van der Waals surface area contributed by atoms with E-state index in [-0.39, 0.29) is 30.8 Å². The minimum atomic E-state index is -3.82. The normalized spacial score (nSPS) is 13.0. The van der Waals surface area contributed by atoms with Gasteiger partial charge in [-0.15, -0.1) is 0 Å². The third-order valence-corrected chi connectivity index (χ3v) is 8.42. The standard InChI is InChI=1S/C32H40ClN3O4S/c1-6-24(4)34-32(38)30(20-25-11-8-7-9-12-25)35(21-26-13-10-14-28(33)19-26)31(37)22-36(41(5,39)40)29-17-15-27(16-18-29)23(2)3/h7-19,23-24,30H,6,20-22H2,1-5H3,(H,34,38)/t24-,30+/m1/s1. The predicted octanol–water partition coefficient (Wildman–Crippen LogP) is 5.78. The third-order valence-electron chi connectivity index (χ3n) is 7.04. The van der Waals surface area contributed by atoms with E-state index in [0.717, 1.165) is 33.7 Å². The number of nitrogens with one attached hydrogen (secondary N) is 1. The molecule has 3 aromatic rings. The highest BCUT2D eigenvalue weighted by atomic mass is 35.5. The molecule has 3 rings (SSSR count). The van der Waals surface area contributed by atoms with Gasteiger partial charge in [0.1, 0.15) is 12.6 Å². The summed E-state index contributed by atoms with van der Waals surface area (Å²) in [5, 5.41) is 3.53. The van der Waals surface area contributed by atoms with Gasteiger partial charge in [0.15, 0.2) is 0 Å². The van der Waals surface area contributed by atoms with Crippen LogP contribution in [0, 0.1) is 0 Å². The zero-order valence-electron chi connectivity index (χ0n) is 24.4. The maximum Gasteiger partial charge on any atom is 0.244 e. The van der Waals surface area contributed by atoms with Gasteiger partial charge in [0, 0.05) is 24.0 Å². The van der Waals surface area contributed by atoms with E-state index in [1.54, 1.807) is 30.3 Å². The smallest absolute Gasteiger partial charge is 0.244 e. The Hall–Kier alpha value is -3.36. The summed E-state index contributed by atoms with van der Waals surface area (Å²) >= 11 is 6.26. The maximum absolute atomic E-state index is 14.1. The summed E-state index contributed by atoms with van der Waals surface area (Å²) < 4.78 is 27.0. The van der Waals surface area contributed by atoms with E-state index in [1.807, 2.05) is 62.4 Å². The number of hydrogen-bond donors (Lipinski definition) is 1. The van der Waals surface area contributed by atoms with Crippen LogP contribution in [-0.2, 0) is 32.6 Å². The highest BCUT2D eigenvalue weighted by Crippen LogP contribution is 2.24.